The first-order valence-electron chi connectivity index (χ1n) is 12.8. The number of ether oxygens (including phenoxy) is 1. The van der Waals surface area contributed by atoms with Crippen molar-refractivity contribution in [1.29, 1.82) is 0 Å². The maximum atomic E-state index is 14.2. The minimum absolute atomic E-state index is 0.188. The number of hydrogen-bond acceptors (Lipinski definition) is 10. The van der Waals surface area contributed by atoms with Crippen LogP contribution < -0.4 is 26.0 Å². The van der Waals surface area contributed by atoms with Crippen molar-refractivity contribution in [1.82, 2.24) is 19.9 Å². The van der Waals surface area contributed by atoms with E-state index < -0.39 is 5.60 Å². The first kappa shape index (κ1) is 29.1. The third-order valence-electron chi connectivity index (χ3n) is 6.64. The first-order valence-corrected chi connectivity index (χ1v) is 12.8. The second kappa shape index (κ2) is 12.4. The van der Waals surface area contributed by atoms with Crippen LogP contribution in [0.1, 0.15) is 47.0 Å². The normalized spacial score (nSPS) is 17.1. The van der Waals surface area contributed by atoms with Crippen LogP contribution in [-0.2, 0) is 0 Å². The summed E-state index contributed by atoms with van der Waals surface area (Å²) in [7, 11) is 5.76. The summed E-state index contributed by atoms with van der Waals surface area (Å²) >= 11 is 0. The molecule has 0 saturated carbocycles. The zero-order valence-corrected chi connectivity index (χ0v) is 23.5. The molecule has 0 radical (unpaired) electrons. The summed E-state index contributed by atoms with van der Waals surface area (Å²) in [5.74, 6) is 0.703. The fraction of sp³-hybridized carbons (Fsp3) is 0.519. The Hall–Kier alpha value is -3.44. The number of nitrogen functional groups attached to an aromatic ring is 1. The molecule has 0 unspecified atom stereocenters. The molecule has 1 saturated heterocycles. The molecule has 2 aromatic rings. The predicted octanol–water partition coefficient (Wildman–Crippen LogP) is 4.46. The van der Waals surface area contributed by atoms with E-state index in [9.17, 15) is 9.50 Å². The Morgan fingerprint density at radius 1 is 1.32 bits per heavy atom. The van der Waals surface area contributed by atoms with Crippen molar-refractivity contribution < 1.29 is 14.2 Å². The maximum absolute atomic E-state index is 14.2. The highest BCUT2D eigenvalue weighted by Gasteiger charge is 2.27. The number of aromatic nitrogens is 3. The topological polar surface area (TPSA) is 125 Å². The molecule has 1 aromatic heterocycles. The van der Waals surface area contributed by atoms with Gasteiger partial charge < -0.3 is 36.0 Å². The minimum Gasteiger partial charge on any atom is -0.494 e. The molecule has 208 valence electrons. The molecular weight excluding hydrogens is 487 g/mol. The Morgan fingerprint density at radius 2 is 2.03 bits per heavy atom. The highest BCUT2D eigenvalue weighted by atomic mass is 19.1. The van der Waals surface area contributed by atoms with Gasteiger partial charge in [0.25, 0.3) is 0 Å². The lowest BCUT2D eigenvalue weighted by Gasteiger charge is -2.30. The molecule has 0 amide bonds. The van der Waals surface area contributed by atoms with E-state index in [1.807, 2.05) is 12.1 Å². The molecule has 1 aliphatic heterocycles. The van der Waals surface area contributed by atoms with Crippen LogP contribution in [0.3, 0.4) is 0 Å². The third kappa shape index (κ3) is 7.32. The summed E-state index contributed by atoms with van der Waals surface area (Å²) in [4.78, 5) is 17.4. The zero-order valence-electron chi connectivity index (χ0n) is 23.5. The largest absolute Gasteiger partial charge is 0.494 e. The zero-order chi connectivity index (χ0) is 28.0. The van der Waals surface area contributed by atoms with Gasteiger partial charge in [0.15, 0.2) is 0 Å². The van der Waals surface area contributed by atoms with Crippen molar-refractivity contribution in [3.05, 3.63) is 41.6 Å². The standard InChI is InChI=1S/C27H41FN8O2/c1-8-18(28)12-21(17(2)27(3,4)37)32-25-30-16-31-26(34-25)33-22-13-20(29)23(14-24(22)38-7)36-11-9-10-19(36)15-35(5)6/h12-14,16,19,37H,8-11,15,29H2,1-7H3,(H2,30,31,32,33,34)/b18-12+,21-17-/t19-/m1/s1. The lowest BCUT2D eigenvalue weighted by Crippen LogP contribution is -2.37. The van der Waals surface area contributed by atoms with Crippen molar-refractivity contribution >= 4 is 29.0 Å². The summed E-state index contributed by atoms with van der Waals surface area (Å²) in [6, 6.07) is 4.14. The number of likely N-dealkylation sites (N-methyl/N-ethyl adjacent to an activating group) is 1. The van der Waals surface area contributed by atoms with Crippen LogP contribution in [0, 0.1) is 0 Å². The average molecular weight is 529 g/mol. The van der Waals surface area contributed by atoms with Gasteiger partial charge in [-0.05, 0) is 71.8 Å². The molecule has 1 aliphatic rings. The van der Waals surface area contributed by atoms with Crippen LogP contribution in [0.2, 0.25) is 0 Å². The van der Waals surface area contributed by atoms with Gasteiger partial charge in [0.1, 0.15) is 17.9 Å². The monoisotopic (exact) mass is 528 g/mol. The summed E-state index contributed by atoms with van der Waals surface area (Å²) in [5.41, 5.74) is 8.42. The van der Waals surface area contributed by atoms with Gasteiger partial charge in [-0.25, -0.2) is 14.4 Å². The van der Waals surface area contributed by atoms with Crippen LogP contribution in [0.25, 0.3) is 0 Å². The van der Waals surface area contributed by atoms with Gasteiger partial charge in [-0.2, -0.15) is 4.98 Å². The van der Waals surface area contributed by atoms with E-state index in [0.29, 0.717) is 34.4 Å². The molecule has 11 heteroatoms. The van der Waals surface area contributed by atoms with Gasteiger partial charge in [-0.15, -0.1) is 0 Å². The number of halogens is 1. The van der Waals surface area contributed by atoms with Crippen molar-refractivity contribution in [2.45, 2.75) is 58.6 Å². The van der Waals surface area contributed by atoms with Gasteiger partial charge in [0.2, 0.25) is 11.9 Å². The minimum atomic E-state index is -1.17. The summed E-state index contributed by atoms with van der Waals surface area (Å²) in [6.07, 6.45) is 5.13. The SMILES string of the molecule is CC/C(F)=C\C(Nc1ncnc(Nc2cc(N)c(N3CCC[C@@H]3CN(C)C)cc2OC)n1)=C(/C)C(C)(C)O. The number of hydrogen-bond donors (Lipinski definition) is 4. The Kier molecular flexibility index (Phi) is 9.50. The van der Waals surface area contributed by atoms with Crippen molar-refractivity contribution in [3.8, 4) is 5.75 Å². The van der Waals surface area contributed by atoms with Gasteiger partial charge >= 0.3 is 0 Å². The van der Waals surface area contributed by atoms with Crippen LogP contribution >= 0.6 is 0 Å². The van der Waals surface area contributed by atoms with Crippen LogP contribution in [-0.4, -0.2) is 70.9 Å². The Bertz CT molecular complexity index is 1180. The third-order valence-corrected chi connectivity index (χ3v) is 6.64. The smallest absolute Gasteiger partial charge is 0.232 e. The summed E-state index contributed by atoms with van der Waals surface area (Å²) in [6.45, 7) is 8.59. The van der Waals surface area contributed by atoms with Gasteiger partial charge in [0, 0.05) is 30.9 Å². The molecule has 2 heterocycles. The number of benzene rings is 1. The number of rotatable bonds is 11. The molecule has 10 nitrogen and oxygen atoms in total. The number of methoxy groups -OCH3 is 1. The average Bonchev–Trinajstić information content (AvgIpc) is 3.30. The molecule has 1 fully saturated rings. The van der Waals surface area contributed by atoms with Gasteiger partial charge in [-0.1, -0.05) is 6.92 Å². The van der Waals surface area contributed by atoms with E-state index in [4.69, 9.17) is 10.5 Å². The van der Waals surface area contributed by atoms with Gasteiger partial charge in [-0.3, -0.25) is 0 Å². The lowest BCUT2D eigenvalue weighted by molar-refractivity contribution is 0.119. The lowest BCUT2D eigenvalue weighted by atomic mass is 9.97. The Morgan fingerprint density at radius 3 is 2.66 bits per heavy atom. The van der Waals surface area contributed by atoms with Crippen molar-refractivity contribution in [2.24, 2.45) is 0 Å². The predicted molar refractivity (Wildman–Crippen MR) is 152 cm³/mol. The number of nitrogens with two attached hydrogens (primary N) is 1. The van der Waals surface area contributed by atoms with Crippen molar-refractivity contribution in [2.75, 3.05) is 55.6 Å². The van der Waals surface area contributed by atoms with Crippen molar-refractivity contribution in [3.63, 3.8) is 0 Å². The fourth-order valence-corrected chi connectivity index (χ4v) is 4.35. The molecule has 38 heavy (non-hydrogen) atoms. The molecule has 1 aromatic carbocycles. The van der Waals surface area contributed by atoms with E-state index in [1.165, 1.54) is 12.4 Å². The number of aliphatic hydroxyl groups is 1. The first-order chi connectivity index (χ1) is 17.9. The second-order valence-corrected chi connectivity index (χ2v) is 10.3. The molecule has 0 aliphatic carbocycles. The second-order valence-electron chi connectivity index (χ2n) is 10.3. The Balaban J connectivity index is 1.89. The Labute approximate surface area is 224 Å². The van der Waals surface area contributed by atoms with E-state index >= 15 is 0 Å². The maximum Gasteiger partial charge on any atom is 0.232 e. The van der Waals surface area contributed by atoms with Crippen LogP contribution in [0.4, 0.5) is 33.3 Å². The molecule has 0 spiro atoms. The van der Waals surface area contributed by atoms with Crippen LogP contribution in [0.15, 0.2) is 41.6 Å². The van der Waals surface area contributed by atoms with E-state index in [1.54, 1.807) is 34.8 Å². The quantitative estimate of drug-likeness (QED) is 0.245. The van der Waals surface area contributed by atoms with Crippen LogP contribution in [0.5, 0.6) is 5.75 Å². The molecule has 0 bridgehead atoms. The van der Waals surface area contributed by atoms with E-state index in [-0.39, 0.29) is 24.1 Å². The number of allylic oxidation sites excluding steroid dienone is 2. The van der Waals surface area contributed by atoms with E-state index in [0.717, 1.165) is 31.6 Å². The number of nitrogens with one attached hydrogen (secondary N) is 2. The molecule has 3 rings (SSSR count). The fourth-order valence-electron chi connectivity index (χ4n) is 4.35. The summed E-state index contributed by atoms with van der Waals surface area (Å²) in [5, 5.41) is 16.6. The van der Waals surface area contributed by atoms with Gasteiger partial charge in [0.05, 0.1) is 29.8 Å². The summed E-state index contributed by atoms with van der Waals surface area (Å²) < 4.78 is 19.8. The molecule has 5 N–H and O–H groups in total. The number of nitrogens with zero attached hydrogens (tertiary/aromatic N) is 5. The highest BCUT2D eigenvalue weighted by Crippen LogP contribution is 2.39. The molecule has 1 atom stereocenters. The molecular formula is C27H41FN8O2. The number of anilines is 5. The van der Waals surface area contributed by atoms with E-state index in [2.05, 4.69) is 49.5 Å². The highest BCUT2D eigenvalue weighted by molar-refractivity contribution is 5.79.